The van der Waals surface area contributed by atoms with E-state index in [4.69, 9.17) is 4.74 Å². The van der Waals surface area contributed by atoms with Crippen LogP contribution in [0.5, 0.6) is 5.75 Å². The lowest BCUT2D eigenvalue weighted by Gasteiger charge is -2.08. The summed E-state index contributed by atoms with van der Waals surface area (Å²) in [5.41, 5.74) is 1.01. The van der Waals surface area contributed by atoms with Crippen molar-refractivity contribution in [1.29, 1.82) is 0 Å². The number of nitrogens with zero attached hydrogens (tertiary/aromatic N) is 2. The lowest BCUT2D eigenvalue weighted by atomic mass is 10.1. The highest BCUT2D eigenvalue weighted by molar-refractivity contribution is 5.61. The van der Waals surface area contributed by atoms with Gasteiger partial charge in [-0.2, -0.15) is 0 Å². The third kappa shape index (κ3) is 2.87. The van der Waals surface area contributed by atoms with E-state index in [0.717, 1.165) is 18.6 Å². The summed E-state index contributed by atoms with van der Waals surface area (Å²) in [6.07, 6.45) is 3.79. The van der Waals surface area contributed by atoms with Gasteiger partial charge < -0.3 is 10.1 Å². The van der Waals surface area contributed by atoms with Gasteiger partial charge in [0, 0.05) is 12.1 Å². The molecule has 2 aromatic rings. The first-order valence-corrected chi connectivity index (χ1v) is 6.80. The van der Waals surface area contributed by atoms with Crippen LogP contribution in [0.25, 0.3) is 11.3 Å². The minimum Gasteiger partial charge on any atom is -0.490 e. The predicted molar refractivity (Wildman–Crippen MR) is 75.2 cm³/mol. The highest BCUT2D eigenvalue weighted by Gasteiger charge is 2.23. The Morgan fingerprint density at radius 1 is 1.30 bits per heavy atom. The third-order valence-corrected chi connectivity index (χ3v) is 3.03. The van der Waals surface area contributed by atoms with Crippen molar-refractivity contribution in [2.75, 3.05) is 11.9 Å². The molecule has 1 aliphatic rings. The first-order valence-electron chi connectivity index (χ1n) is 6.80. The summed E-state index contributed by atoms with van der Waals surface area (Å²) in [6, 6.07) is 7.34. The van der Waals surface area contributed by atoms with E-state index in [9.17, 15) is 4.39 Å². The molecular formula is C15H16FN3O. The van der Waals surface area contributed by atoms with Gasteiger partial charge in [-0.1, -0.05) is 0 Å². The molecule has 104 valence electrons. The number of anilines is 1. The van der Waals surface area contributed by atoms with Crippen molar-refractivity contribution in [2.24, 2.45) is 0 Å². The second-order valence-electron chi connectivity index (χ2n) is 4.76. The van der Waals surface area contributed by atoms with Crippen molar-refractivity contribution in [1.82, 2.24) is 9.97 Å². The molecule has 0 atom stereocenters. The van der Waals surface area contributed by atoms with Crippen molar-refractivity contribution in [3.63, 3.8) is 0 Å². The van der Waals surface area contributed by atoms with Gasteiger partial charge >= 0.3 is 0 Å². The Labute approximate surface area is 117 Å². The Morgan fingerprint density at radius 3 is 2.70 bits per heavy atom. The largest absolute Gasteiger partial charge is 0.490 e. The number of benzene rings is 1. The van der Waals surface area contributed by atoms with Gasteiger partial charge in [0.2, 0.25) is 5.95 Å². The quantitative estimate of drug-likeness (QED) is 0.908. The number of halogens is 1. The summed E-state index contributed by atoms with van der Waals surface area (Å²) < 4.78 is 19.5. The van der Waals surface area contributed by atoms with Gasteiger partial charge in [0.25, 0.3) is 0 Å². The Balaban J connectivity index is 1.85. The molecule has 3 rings (SSSR count). The summed E-state index contributed by atoms with van der Waals surface area (Å²) in [6.45, 7) is 2.63. The Hall–Kier alpha value is -2.17. The summed E-state index contributed by atoms with van der Waals surface area (Å²) in [4.78, 5) is 8.09. The van der Waals surface area contributed by atoms with E-state index in [1.165, 1.54) is 6.20 Å². The summed E-state index contributed by atoms with van der Waals surface area (Å²) in [5.74, 6) is 0.822. The summed E-state index contributed by atoms with van der Waals surface area (Å²) in [7, 11) is 0. The van der Waals surface area contributed by atoms with Crippen LogP contribution in [0.1, 0.15) is 19.8 Å². The Morgan fingerprint density at radius 2 is 2.05 bits per heavy atom. The second kappa shape index (κ2) is 5.45. The zero-order chi connectivity index (χ0) is 13.9. The van der Waals surface area contributed by atoms with Gasteiger partial charge in [-0.3, -0.25) is 0 Å². The van der Waals surface area contributed by atoms with Crippen LogP contribution in [-0.4, -0.2) is 22.6 Å². The number of hydrogen-bond donors (Lipinski definition) is 1. The molecule has 0 saturated heterocycles. The van der Waals surface area contributed by atoms with Gasteiger partial charge in [-0.25, -0.2) is 14.4 Å². The monoisotopic (exact) mass is 273 g/mol. The molecule has 1 aromatic heterocycles. The van der Waals surface area contributed by atoms with Crippen molar-refractivity contribution in [2.45, 2.75) is 25.9 Å². The number of rotatable bonds is 5. The van der Waals surface area contributed by atoms with E-state index in [0.29, 0.717) is 29.9 Å². The van der Waals surface area contributed by atoms with Crippen molar-refractivity contribution in [3.05, 3.63) is 36.3 Å². The van der Waals surface area contributed by atoms with E-state index in [1.54, 1.807) is 0 Å². The maximum Gasteiger partial charge on any atom is 0.223 e. The zero-order valence-electron chi connectivity index (χ0n) is 11.3. The molecule has 1 N–H and O–H groups in total. The lowest BCUT2D eigenvalue weighted by molar-refractivity contribution is 0.303. The number of hydrogen-bond acceptors (Lipinski definition) is 4. The first-order chi connectivity index (χ1) is 9.76. The van der Waals surface area contributed by atoms with Crippen LogP contribution >= 0.6 is 0 Å². The summed E-state index contributed by atoms with van der Waals surface area (Å²) >= 11 is 0. The molecule has 1 fully saturated rings. The Kier molecular flexibility index (Phi) is 3.50. The molecular weight excluding hydrogens is 257 g/mol. The summed E-state index contributed by atoms with van der Waals surface area (Å²) in [5, 5.41) is 2.98. The van der Waals surface area contributed by atoms with Gasteiger partial charge in [0.15, 0.2) is 5.82 Å². The number of ether oxygens (including phenoxy) is 1. The Bertz CT molecular complexity index is 597. The molecule has 1 aliphatic carbocycles. The predicted octanol–water partition coefficient (Wildman–Crippen LogP) is 3.26. The van der Waals surface area contributed by atoms with Gasteiger partial charge in [0.1, 0.15) is 11.4 Å². The van der Waals surface area contributed by atoms with E-state index in [2.05, 4.69) is 15.3 Å². The molecule has 4 nitrogen and oxygen atoms in total. The average molecular weight is 273 g/mol. The van der Waals surface area contributed by atoms with Crippen LogP contribution in [0.3, 0.4) is 0 Å². The van der Waals surface area contributed by atoms with Crippen LogP contribution in [0.15, 0.2) is 30.5 Å². The van der Waals surface area contributed by atoms with E-state index in [-0.39, 0.29) is 0 Å². The fraction of sp³-hybridized carbons (Fsp3) is 0.333. The molecule has 5 heteroatoms. The molecule has 0 bridgehead atoms. The SMILES string of the molecule is CCNc1ncc(F)c(-c2ccc(OC3CC3)cc2)n1. The van der Waals surface area contributed by atoms with Crippen molar-refractivity contribution in [3.8, 4) is 17.0 Å². The maximum absolute atomic E-state index is 13.8. The molecule has 0 amide bonds. The van der Waals surface area contributed by atoms with Crippen molar-refractivity contribution < 1.29 is 9.13 Å². The fourth-order valence-corrected chi connectivity index (χ4v) is 1.88. The molecule has 0 aliphatic heterocycles. The maximum atomic E-state index is 13.8. The standard InChI is InChI=1S/C15H16FN3O/c1-2-17-15-18-9-13(16)14(19-15)10-3-5-11(6-4-10)20-12-7-8-12/h3-6,9,12H,2,7-8H2,1H3,(H,17,18,19). The molecule has 0 unspecified atom stereocenters. The van der Waals surface area contributed by atoms with E-state index in [1.807, 2.05) is 31.2 Å². The molecule has 0 radical (unpaired) electrons. The zero-order valence-corrected chi connectivity index (χ0v) is 11.3. The van der Waals surface area contributed by atoms with Crippen LogP contribution in [0.4, 0.5) is 10.3 Å². The van der Waals surface area contributed by atoms with Crippen LogP contribution in [0.2, 0.25) is 0 Å². The van der Waals surface area contributed by atoms with Gasteiger partial charge in [-0.15, -0.1) is 0 Å². The molecule has 20 heavy (non-hydrogen) atoms. The lowest BCUT2D eigenvalue weighted by Crippen LogP contribution is -2.04. The highest BCUT2D eigenvalue weighted by Crippen LogP contribution is 2.29. The second-order valence-corrected chi connectivity index (χ2v) is 4.76. The minimum absolute atomic E-state index is 0.300. The number of aromatic nitrogens is 2. The van der Waals surface area contributed by atoms with E-state index < -0.39 is 5.82 Å². The fourth-order valence-electron chi connectivity index (χ4n) is 1.88. The first kappa shape index (κ1) is 12.8. The van der Waals surface area contributed by atoms with E-state index >= 15 is 0 Å². The van der Waals surface area contributed by atoms with Gasteiger partial charge in [0.05, 0.1) is 12.3 Å². The van der Waals surface area contributed by atoms with Crippen LogP contribution in [-0.2, 0) is 0 Å². The smallest absolute Gasteiger partial charge is 0.223 e. The van der Waals surface area contributed by atoms with Crippen LogP contribution < -0.4 is 10.1 Å². The molecule has 1 aromatic carbocycles. The number of nitrogens with one attached hydrogen (secondary N) is 1. The normalized spacial score (nSPS) is 14.1. The third-order valence-electron chi connectivity index (χ3n) is 3.03. The minimum atomic E-state index is -0.428. The average Bonchev–Trinajstić information content (AvgIpc) is 3.26. The highest BCUT2D eigenvalue weighted by atomic mass is 19.1. The van der Waals surface area contributed by atoms with Crippen LogP contribution in [0, 0.1) is 5.82 Å². The van der Waals surface area contributed by atoms with Crippen molar-refractivity contribution >= 4 is 5.95 Å². The topological polar surface area (TPSA) is 47.0 Å². The molecule has 1 saturated carbocycles. The molecule has 1 heterocycles. The molecule has 0 spiro atoms. The van der Waals surface area contributed by atoms with Gasteiger partial charge in [-0.05, 0) is 44.0 Å².